The summed E-state index contributed by atoms with van der Waals surface area (Å²) < 4.78 is 33.0. The minimum Gasteiger partial charge on any atom is -0.398 e. The topological polar surface area (TPSA) is 81.4 Å². The van der Waals surface area contributed by atoms with E-state index < -0.39 is 15.6 Å². The van der Waals surface area contributed by atoms with E-state index in [9.17, 15) is 8.42 Å². The third-order valence-corrected chi connectivity index (χ3v) is 4.45. The Bertz CT molecular complexity index is 544. The van der Waals surface area contributed by atoms with Crippen molar-refractivity contribution in [3.05, 3.63) is 22.7 Å². The van der Waals surface area contributed by atoms with Gasteiger partial charge in [0.05, 0.1) is 11.3 Å². The first-order chi connectivity index (χ1) is 8.68. The van der Waals surface area contributed by atoms with Crippen LogP contribution in [0.4, 0.5) is 5.69 Å². The Morgan fingerprint density at radius 2 is 2.05 bits per heavy atom. The summed E-state index contributed by atoms with van der Waals surface area (Å²) in [4.78, 5) is 0.0722. The number of anilines is 1. The van der Waals surface area contributed by atoms with E-state index in [-0.39, 0.29) is 17.1 Å². The van der Waals surface area contributed by atoms with Crippen molar-refractivity contribution < 1.29 is 13.2 Å². The summed E-state index contributed by atoms with van der Waals surface area (Å²) in [5.74, 6) is 0. The van der Waals surface area contributed by atoms with Gasteiger partial charge in [-0.05, 0) is 39.0 Å². The normalized spacial score (nSPS) is 12.6. The number of halogens is 1. The van der Waals surface area contributed by atoms with Gasteiger partial charge in [0, 0.05) is 17.6 Å². The lowest BCUT2D eigenvalue weighted by molar-refractivity contribution is -0.00514. The first-order valence-corrected chi connectivity index (χ1v) is 8.14. The van der Waals surface area contributed by atoms with Gasteiger partial charge in [0.25, 0.3) is 0 Å². The third kappa shape index (κ3) is 4.76. The van der Waals surface area contributed by atoms with Crippen LogP contribution in [-0.4, -0.2) is 27.2 Å². The first kappa shape index (κ1) is 16.4. The zero-order chi connectivity index (χ0) is 14.7. The number of hydrogen-bond acceptors (Lipinski definition) is 4. The molecule has 0 amide bonds. The molecule has 1 aromatic carbocycles. The number of nitrogens with two attached hydrogens (primary N) is 1. The predicted octanol–water partition coefficient (Wildman–Crippen LogP) is 2.12. The predicted molar refractivity (Wildman–Crippen MR) is 79.4 cm³/mol. The van der Waals surface area contributed by atoms with E-state index in [0.29, 0.717) is 6.61 Å². The van der Waals surface area contributed by atoms with Gasteiger partial charge in [0.15, 0.2) is 0 Å². The van der Waals surface area contributed by atoms with E-state index in [0.717, 1.165) is 4.47 Å². The van der Waals surface area contributed by atoms with Gasteiger partial charge in [-0.2, -0.15) is 0 Å². The molecule has 0 heterocycles. The van der Waals surface area contributed by atoms with Crippen LogP contribution in [-0.2, 0) is 14.8 Å². The van der Waals surface area contributed by atoms with E-state index in [1.807, 2.05) is 20.8 Å². The maximum Gasteiger partial charge on any atom is 0.242 e. The van der Waals surface area contributed by atoms with E-state index in [1.54, 1.807) is 12.1 Å². The molecule has 0 unspecified atom stereocenters. The Hall–Kier alpha value is -0.630. The number of nitrogens with one attached hydrogen (secondary N) is 1. The van der Waals surface area contributed by atoms with Crippen LogP contribution >= 0.6 is 15.9 Å². The van der Waals surface area contributed by atoms with Crippen LogP contribution in [0.2, 0.25) is 0 Å². The van der Waals surface area contributed by atoms with Crippen LogP contribution < -0.4 is 10.5 Å². The number of ether oxygens (including phenoxy) is 1. The van der Waals surface area contributed by atoms with Crippen molar-refractivity contribution in [2.45, 2.75) is 31.3 Å². The average Bonchev–Trinajstić information content (AvgIpc) is 2.26. The summed E-state index contributed by atoms with van der Waals surface area (Å²) in [6, 6.07) is 4.66. The smallest absolute Gasteiger partial charge is 0.242 e. The zero-order valence-electron chi connectivity index (χ0n) is 11.2. The summed E-state index contributed by atoms with van der Waals surface area (Å²) in [7, 11) is -3.64. The van der Waals surface area contributed by atoms with Crippen molar-refractivity contribution in [2.24, 2.45) is 0 Å². The molecule has 1 rings (SSSR count). The fraction of sp³-hybridized carbons (Fsp3) is 0.500. The summed E-state index contributed by atoms with van der Waals surface area (Å²) in [5, 5.41) is 0. The van der Waals surface area contributed by atoms with Crippen LogP contribution in [0.3, 0.4) is 0 Å². The van der Waals surface area contributed by atoms with Crippen molar-refractivity contribution in [2.75, 3.05) is 18.9 Å². The monoisotopic (exact) mass is 350 g/mol. The highest BCUT2D eigenvalue weighted by Gasteiger charge is 2.23. The van der Waals surface area contributed by atoms with Crippen molar-refractivity contribution >= 4 is 31.6 Å². The molecule has 1 aromatic rings. The zero-order valence-corrected chi connectivity index (χ0v) is 13.6. The SMILES string of the molecule is CCOC(C)(C)CNS(=O)(=O)c1ccc(Br)cc1N. The molecular formula is C12H19BrN2O3S. The molecule has 0 spiro atoms. The maximum absolute atomic E-state index is 12.2. The molecule has 0 saturated carbocycles. The van der Waals surface area contributed by atoms with Gasteiger partial charge in [-0.15, -0.1) is 0 Å². The van der Waals surface area contributed by atoms with Crippen LogP contribution in [0, 0.1) is 0 Å². The van der Waals surface area contributed by atoms with E-state index in [1.165, 1.54) is 6.07 Å². The van der Waals surface area contributed by atoms with Gasteiger partial charge >= 0.3 is 0 Å². The quantitative estimate of drug-likeness (QED) is 0.770. The number of rotatable bonds is 6. The van der Waals surface area contributed by atoms with Gasteiger partial charge in [-0.3, -0.25) is 0 Å². The Kier molecular flexibility index (Phi) is 5.37. The largest absolute Gasteiger partial charge is 0.398 e. The van der Waals surface area contributed by atoms with Crippen LogP contribution in [0.15, 0.2) is 27.6 Å². The Labute approximate surface area is 122 Å². The molecule has 7 heteroatoms. The second-order valence-corrected chi connectivity index (χ2v) is 7.35. The van der Waals surface area contributed by atoms with Gasteiger partial charge in [0.2, 0.25) is 10.0 Å². The lowest BCUT2D eigenvalue weighted by Crippen LogP contribution is -2.40. The first-order valence-electron chi connectivity index (χ1n) is 5.86. The van der Waals surface area contributed by atoms with Gasteiger partial charge < -0.3 is 10.5 Å². The Balaban J connectivity index is 2.87. The third-order valence-electron chi connectivity index (χ3n) is 2.48. The second-order valence-electron chi connectivity index (χ2n) is 4.70. The average molecular weight is 351 g/mol. The molecule has 0 radical (unpaired) electrons. The molecule has 0 aliphatic carbocycles. The molecule has 0 aromatic heterocycles. The number of sulfonamides is 1. The van der Waals surface area contributed by atoms with Crippen molar-refractivity contribution in [1.29, 1.82) is 0 Å². The summed E-state index contributed by atoms with van der Waals surface area (Å²) in [6.45, 7) is 6.21. The van der Waals surface area contributed by atoms with E-state index in [4.69, 9.17) is 10.5 Å². The molecule has 5 nitrogen and oxygen atoms in total. The van der Waals surface area contributed by atoms with Gasteiger partial charge in [-0.1, -0.05) is 15.9 Å². The lowest BCUT2D eigenvalue weighted by atomic mass is 10.1. The van der Waals surface area contributed by atoms with E-state index >= 15 is 0 Å². The summed E-state index contributed by atoms with van der Waals surface area (Å²) >= 11 is 3.24. The molecular weight excluding hydrogens is 332 g/mol. The Morgan fingerprint density at radius 1 is 1.42 bits per heavy atom. The van der Waals surface area contributed by atoms with Gasteiger partial charge in [-0.25, -0.2) is 13.1 Å². The van der Waals surface area contributed by atoms with Crippen molar-refractivity contribution in [3.8, 4) is 0 Å². The molecule has 108 valence electrons. The molecule has 0 aliphatic heterocycles. The minimum atomic E-state index is -3.64. The highest BCUT2D eigenvalue weighted by atomic mass is 79.9. The number of benzene rings is 1. The van der Waals surface area contributed by atoms with E-state index in [2.05, 4.69) is 20.7 Å². The standard InChI is InChI=1S/C12H19BrN2O3S/c1-4-18-12(2,3)8-15-19(16,17)11-6-5-9(13)7-10(11)14/h5-7,15H,4,8,14H2,1-3H3. The molecule has 0 atom stereocenters. The Morgan fingerprint density at radius 3 is 2.58 bits per heavy atom. The van der Waals surface area contributed by atoms with Crippen LogP contribution in [0.25, 0.3) is 0 Å². The summed E-state index contributed by atoms with van der Waals surface area (Å²) in [6.07, 6.45) is 0. The van der Waals surface area contributed by atoms with Crippen LogP contribution in [0.1, 0.15) is 20.8 Å². The fourth-order valence-corrected chi connectivity index (χ4v) is 3.24. The fourth-order valence-electron chi connectivity index (χ4n) is 1.55. The van der Waals surface area contributed by atoms with Crippen molar-refractivity contribution in [1.82, 2.24) is 4.72 Å². The highest BCUT2D eigenvalue weighted by molar-refractivity contribution is 9.10. The number of hydrogen-bond donors (Lipinski definition) is 2. The highest BCUT2D eigenvalue weighted by Crippen LogP contribution is 2.23. The summed E-state index contributed by atoms with van der Waals surface area (Å²) in [5.41, 5.74) is 5.37. The molecule has 3 N–H and O–H groups in total. The molecule has 0 bridgehead atoms. The maximum atomic E-state index is 12.2. The van der Waals surface area contributed by atoms with Crippen molar-refractivity contribution in [3.63, 3.8) is 0 Å². The second kappa shape index (κ2) is 6.21. The molecule has 0 fully saturated rings. The van der Waals surface area contributed by atoms with Gasteiger partial charge in [0.1, 0.15) is 4.90 Å². The number of nitrogen functional groups attached to an aromatic ring is 1. The molecule has 19 heavy (non-hydrogen) atoms. The molecule has 0 saturated heterocycles. The molecule has 0 aliphatic rings. The minimum absolute atomic E-state index is 0.0722. The lowest BCUT2D eigenvalue weighted by Gasteiger charge is -2.25. The van der Waals surface area contributed by atoms with Crippen LogP contribution in [0.5, 0.6) is 0 Å².